The Bertz CT molecular complexity index is 3530. The Kier molecular flexibility index (Phi) is 16.9. The zero-order chi connectivity index (χ0) is 60.2. The first kappa shape index (κ1) is 60.0. The number of rotatable bonds is 9. The highest BCUT2D eigenvalue weighted by atomic mass is 32.2. The summed E-state index contributed by atoms with van der Waals surface area (Å²) < 4.78 is 79.1. The van der Waals surface area contributed by atoms with Crippen LogP contribution in [-0.2, 0) is 88.2 Å². The van der Waals surface area contributed by atoms with E-state index < -0.39 is 30.1 Å². The third-order valence-corrected chi connectivity index (χ3v) is 20.8. The second-order valence-corrected chi connectivity index (χ2v) is 28.3. The molecule has 0 radical (unpaired) electrons. The number of fused-ring (bicyclic) bond motifs is 6. The van der Waals surface area contributed by atoms with Gasteiger partial charge in [0.1, 0.15) is 17.5 Å². The van der Waals surface area contributed by atoms with Crippen molar-refractivity contribution in [3.05, 3.63) is 122 Å². The topological polar surface area (TPSA) is 331 Å². The first-order valence-corrected chi connectivity index (χ1v) is 34.1. The Morgan fingerprint density at radius 2 is 0.726 bits per heavy atom. The van der Waals surface area contributed by atoms with E-state index in [9.17, 15) is 39.6 Å². The van der Waals surface area contributed by atoms with Gasteiger partial charge in [-0.2, -0.15) is 42.3 Å². The highest BCUT2D eigenvalue weighted by Crippen LogP contribution is 2.39. The van der Waals surface area contributed by atoms with Crippen LogP contribution in [0.5, 0.6) is 0 Å². The molecular formula is C57H75N15O9S3. The molecule has 9 N–H and O–H groups in total. The van der Waals surface area contributed by atoms with E-state index in [4.69, 9.17) is 17.2 Å². The van der Waals surface area contributed by atoms with E-state index in [0.717, 1.165) is 69.7 Å². The van der Waals surface area contributed by atoms with Gasteiger partial charge < -0.3 is 33.2 Å². The van der Waals surface area contributed by atoms with Crippen LogP contribution >= 0.6 is 0 Å². The number of hydrogen-bond acceptors (Lipinski definition) is 18. The quantitative estimate of drug-likeness (QED) is 0.114. The maximum Gasteiger partial charge on any atom is 0.256 e. The second kappa shape index (κ2) is 23.7. The van der Waals surface area contributed by atoms with Crippen molar-refractivity contribution in [3.8, 4) is 0 Å². The molecule has 6 aromatic rings. The van der Waals surface area contributed by atoms with E-state index in [1.807, 2.05) is 18.2 Å². The summed E-state index contributed by atoms with van der Waals surface area (Å²) >= 11 is 0. The van der Waals surface area contributed by atoms with Crippen molar-refractivity contribution in [2.45, 2.75) is 116 Å². The number of aryl methyl sites for hydroxylation is 3. The van der Waals surface area contributed by atoms with Crippen molar-refractivity contribution in [2.24, 2.45) is 0 Å². The molecule has 84 heavy (non-hydrogen) atoms. The maximum absolute atomic E-state index is 13.3. The minimum Gasteiger partial charge on any atom is -0.385 e. The van der Waals surface area contributed by atoms with Crippen LogP contribution in [0.15, 0.2) is 54.6 Å². The van der Waals surface area contributed by atoms with E-state index in [0.29, 0.717) is 112 Å². The summed E-state index contributed by atoms with van der Waals surface area (Å²) in [6.07, 6.45) is 9.62. The molecule has 0 amide bonds. The van der Waals surface area contributed by atoms with Crippen LogP contribution in [0.2, 0.25) is 0 Å². The van der Waals surface area contributed by atoms with Gasteiger partial charge in [-0.1, -0.05) is 57.2 Å². The Labute approximate surface area is 490 Å². The zero-order valence-corrected chi connectivity index (χ0v) is 50.8. The van der Waals surface area contributed by atoms with Crippen molar-refractivity contribution in [1.29, 1.82) is 0 Å². The summed E-state index contributed by atoms with van der Waals surface area (Å²) in [6.45, 7) is 9.90. The molecule has 0 aliphatic carbocycles. The molecule has 3 aromatic heterocycles. The summed E-state index contributed by atoms with van der Waals surface area (Å²) in [6, 6.07) is 18.5. The predicted octanol–water partition coefficient (Wildman–Crippen LogP) is 4.76. The molecule has 3 atom stereocenters. The van der Waals surface area contributed by atoms with Crippen LogP contribution in [0.4, 0.5) is 34.5 Å². The highest BCUT2D eigenvalue weighted by Gasteiger charge is 2.38. The van der Waals surface area contributed by atoms with E-state index >= 15 is 0 Å². The zero-order valence-electron chi connectivity index (χ0n) is 48.3. The minimum absolute atomic E-state index is 0.154. The lowest BCUT2D eigenvalue weighted by molar-refractivity contribution is 0.0851. The Morgan fingerprint density at radius 1 is 0.464 bits per heavy atom. The number of hydrogen-bond donors (Lipinski definition) is 6. The predicted molar refractivity (Wildman–Crippen MR) is 324 cm³/mol. The Balaban J connectivity index is 0.000000140. The number of nitrogens with one attached hydrogen (secondary N) is 3. The first-order chi connectivity index (χ1) is 39.9. The lowest BCUT2D eigenvalue weighted by atomic mass is 9.88. The van der Waals surface area contributed by atoms with Gasteiger partial charge in [-0.05, 0) is 109 Å². The number of nitrogen functional groups attached to an aromatic ring is 3. The fourth-order valence-corrected chi connectivity index (χ4v) is 14.4. The van der Waals surface area contributed by atoms with Gasteiger partial charge in [0.2, 0.25) is 30.1 Å². The van der Waals surface area contributed by atoms with Gasteiger partial charge in [-0.3, -0.25) is 14.4 Å². The molecule has 0 fully saturated rings. The number of benzene rings is 3. The fraction of sp³-hybridized carbons (Fsp3) is 0.474. The van der Waals surface area contributed by atoms with Crippen LogP contribution in [0, 0.1) is 0 Å². The number of nitrogens with two attached hydrogens (primary N) is 3. The number of carbonyl (C=O) groups excluding carboxylic acids is 3. The van der Waals surface area contributed by atoms with Crippen LogP contribution in [0.1, 0.15) is 139 Å². The first-order valence-electron chi connectivity index (χ1n) is 28.5. The summed E-state index contributed by atoms with van der Waals surface area (Å²) in [4.78, 5) is 40.0. The van der Waals surface area contributed by atoms with Crippen molar-refractivity contribution in [2.75, 3.05) is 91.2 Å². The monoisotopic (exact) mass is 1210 g/mol. The van der Waals surface area contributed by atoms with E-state index in [2.05, 4.69) is 88.4 Å². The van der Waals surface area contributed by atoms with Gasteiger partial charge >= 0.3 is 0 Å². The van der Waals surface area contributed by atoms with Crippen molar-refractivity contribution in [1.82, 2.24) is 42.3 Å². The standard InChI is InChI=1S/3C19H25N5O3S/c3*1-3-12-4-5-16-15(10-12)13(6-8-21-16)19(25)24-18(20)14-7-9-23(28(2,26)27)11-17(14)22-24/h3*4-5,10,13,21H,3,6-9,11,20H2,1-2H3/t13-;;/m0../s1. The van der Waals surface area contributed by atoms with Crippen molar-refractivity contribution in [3.63, 3.8) is 0 Å². The van der Waals surface area contributed by atoms with E-state index in [-0.39, 0.29) is 55.1 Å². The average Bonchev–Trinajstić information content (AvgIpc) is 3.39. The van der Waals surface area contributed by atoms with Gasteiger partial charge in [-0.25, -0.2) is 25.3 Å². The van der Waals surface area contributed by atoms with Gasteiger partial charge in [0, 0.05) is 73.0 Å². The number of sulfonamides is 3. The molecule has 0 saturated heterocycles. The molecule has 12 rings (SSSR count). The summed E-state index contributed by atoms with van der Waals surface area (Å²) in [7, 11) is -9.93. The third kappa shape index (κ3) is 11.9. The van der Waals surface area contributed by atoms with Crippen LogP contribution in [0.25, 0.3) is 0 Å². The molecule has 6 aliphatic rings. The Hall–Kier alpha value is -7.17. The van der Waals surface area contributed by atoms with E-state index in [1.54, 1.807) is 0 Å². The molecule has 9 heterocycles. The number of carbonyl (C=O) groups is 3. The van der Waals surface area contributed by atoms with Crippen LogP contribution in [0.3, 0.4) is 0 Å². The molecule has 0 saturated carbocycles. The molecule has 27 heteroatoms. The molecule has 450 valence electrons. The Morgan fingerprint density at radius 3 is 0.964 bits per heavy atom. The maximum atomic E-state index is 13.3. The number of aromatic nitrogens is 6. The lowest BCUT2D eigenvalue weighted by Crippen LogP contribution is -2.35. The van der Waals surface area contributed by atoms with Crippen molar-refractivity contribution < 1.29 is 39.6 Å². The highest BCUT2D eigenvalue weighted by molar-refractivity contribution is 7.88. The smallest absolute Gasteiger partial charge is 0.256 e. The molecule has 6 aliphatic heterocycles. The average molecular weight is 1210 g/mol. The number of anilines is 6. The second-order valence-electron chi connectivity index (χ2n) is 22.4. The van der Waals surface area contributed by atoms with Gasteiger partial charge in [0.15, 0.2) is 0 Å². The van der Waals surface area contributed by atoms with Crippen LogP contribution in [-0.4, -0.2) is 143 Å². The molecular weight excluding hydrogens is 1130 g/mol. The lowest BCUT2D eigenvalue weighted by Gasteiger charge is -2.26. The molecule has 2 unspecified atom stereocenters. The van der Waals surface area contributed by atoms with Crippen LogP contribution < -0.4 is 33.2 Å². The molecule has 3 aromatic carbocycles. The summed E-state index contributed by atoms with van der Waals surface area (Å²) in [5, 5.41) is 23.3. The van der Waals surface area contributed by atoms with Gasteiger partial charge in [0.05, 0.1) is 73.2 Å². The van der Waals surface area contributed by atoms with Crippen molar-refractivity contribution >= 4 is 82.3 Å². The minimum atomic E-state index is -3.31. The largest absolute Gasteiger partial charge is 0.385 e. The molecule has 0 spiro atoms. The van der Waals surface area contributed by atoms with Gasteiger partial charge in [0.25, 0.3) is 17.7 Å². The summed E-state index contributed by atoms with van der Waals surface area (Å²) in [5.41, 5.74) is 32.2. The SMILES string of the molecule is CCc1ccc2c(c1)C(C(=O)n1nc3c(c1N)CCN(S(C)(=O)=O)C3)CCN2.CCc1ccc2c(c1)C(C(=O)n1nc3c(c1N)CCN(S(C)(=O)=O)C3)CCN2.CCc1ccc2c(c1)[C@@H](C(=O)n1nc3c(c1N)CCN(S(C)(=O)=O)C3)CCN2. The fourth-order valence-electron chi connectivity index (χ4n) is 12.1. The normalized spacial score (nSPS) is 19.6. The third-order valence-electron chi connectivity index (χ3n) is 17.0. The number of nitrogens with zero attached hydrogens (tertiary/aromatic N) is 9. The van der Waals surface area contributed by atoms with E-state index in [1.165, 1.54) is 62.4 Å². The van der Waals surface area contributed by atoms with Gasteiger partial charge in [-0.15, -0.1) is 0 Å². The molecule has 0 bridgehead atoms. The summed E-state index contributed by atoms with van der Waals surface area (Å²) in [5.74, 6) is -0.441. The molecule has 24 nitrogen and oxygen atoms in total.